The maximum atomic E-state index is 11.6. The summed E-state index contributed by atoms with van der Waals surface area (Å²) >= 11 is 0. The largest absolute Gasteiger partial charge is 0.477 e. The van der Waals surface area contributed by atoms with Crippen molar-refractivity contribution < 1.29 is 19.4 Å². The van der Waals surface area contributed by atoms with Crippen LogP contribution in [0.3, 0.4) is 0 Å². The molecule has 0 aromatic rings. The van der Waals surface area contributed by atoms with Gasteiger partial charge in [0.15, 0.2) is 5.66 Å². The first-order chi connectivity index (χ1) is 8.54. The van der Waals surface area contributed by atoms with Gasteiger partial charge in [0.05, 0.1) is 7.11 Å². The van der Waals surface area contributed by atoms with Crippen molar-refractivity contribution in [3.63, 3.8) is 0 Å². The summed E-state index contributed by atoms with van der Waals surface area (Å²) in [5, 5.41) is 14.3. The predicted octanol–water partition coefficient (Wildman–Crippen LogP) is -1.07. The Hall–Kier alpha value is -2.22. The number of carbonyl (C=O) groups is 2. The summed E-state index contributed by atoms with van der Waals surface area (Å²) in [5.74, 6) is -1.91. The van der Waals surface area contributed by atoms with E-state index in [0.717, 1.165) is 6.08 Å². The van der Waals surface area contributed by atoms with Crippen molar-refractivity contribution in [1.82, 2.24) is 5.01 Å². The van der Waals surface area contributed by atoms with Crippen LogP contribution in [0.25, 0.3) is 0 Å². The molecule has 0 spiro atoms. The van der Waals surface area contributed by atoms with Gasteiger partial charge in [0.1, 0.15) is 11.4 Å². The molecular weight excluding hydrogens is 240 g/mol. The Labute approximate surface area is 102 Å². The minimum Gasteiger partial charge on any atom is -0.477 e. The second-order valence-electron chi connectivity index (χ2n) is 3.82. The van der Waals surface area contributed by atoms with Crippen LogP contribution in [-0.2, 0) is 14.3 Å². The summed E-state index contributed by atoms with van der Waals surface area (Å²) in [6, 6.07) is 0. The molecule has 0 radical (unpaired) electrons. The first-order valence-electron chi connectivity index (χ1n) is 5.20. The van der Waals surface area contributed by atoms with E-state index in [1.807, 2.05) is 0 Å². The summed E-state index contributed by atoms with van der Waals surface area (Å²) in [6.07, 6.45) is 3.01. The molecule has 96 valence electrons. The number of aliphatic imine (C=N–C) groups is 1. The van der Waals surface area contributed by atoms with Gasteiger partial charge >= 0.3 is 11.9 Å². The summed E-state index contributed by atoms with van der Waals surface area (Å²) in [5.41, 5.74) is 4.39. The Kier molecular flexibility index (Phi) is 2.87. The average molecular weight is 252 g/mol. The topological polar surface area (TPSA) is 118 Å². The predicted molar refractivity (Wildman–Crippen MR) is 61.9 cm³/mol. The fraction of sp³-hybridized carbons (Fsp3) is 0.400. The molecule has 18 heavy (non-hydrogen) atoms. The highest BCUT2D eigenvalue weighted by atomic mass is 16.5. The third kappa shape index (κ3) is 1.66. The molecule has 0 aromatic carbocycles. The number of hydrogen-bond acceptors (Lipinski definition) is 7. The van der Waals surface area contributed by atoms with Crippen molar-refractivity contribution in [3.8, 4) is 0 Å². The number of hydrogen-bond donors (Lipinski definition) is 2. The van der Waals surface area contributed by atoms with Crippen molar-refractivity contribution in [3.05, 3.63) is 11.8 Å². The normalized spacial score (nSPS) is 25.3. The molecule has 2 aliphatic heterocycles. The van der Waals surface area contributed by atoms with Crippen LogP contribution in [0.4, 0.5) is 0 Å². The first-order valence-corrected chi connectivity index (χ1v) is 5.20. The highest BCUT2D eigenvalue weighted by Gasteiger charge is 2.45. The van der Waals surface area contributed by atoms with Crippen molar-refractivity contribution in [2.75, 3.05) is 13.7 Å². The third-order valence-corrected chi connectivity index (χ3v) is 2.78. The number of nitrogens with two attached hydrogens (primary N) is 1. The maximum Gasteiger partial charge on any atom is 0.356 e. The summed E-state index contributed by atoms with van der Waals surface area (Å²) < 4.78 is 4.60. The molecule has 0 aliphatic carbocycles. The molecule has 2 rings (SSSR count). The fourth-order valence-electron chi connectivity index (χ4n) is 1.86. The van der Waals surface area contributed by atoms with Crippen LogP contribution in [0.15, 0.2) is 21.9 Å². The van der Waals surface area contributed by atoms with E-state index in [2.05, 4.69) is 14.8 Å². The van der Waals surface area contributed by atoms with Crippen molar-refractivity contribution in [2.24, 2.45) is 15.8 Å². The molecule has 8 heteroatoms. The lowest BCUT2D eigenvalue weighted by Crippen LogP contribution is -2.51. The standard InChI is InChI=1S/C10H12N4O4/c1-18-9(17)7-4-6(8(15)16)13-10(5-11)2-3-12-14(7)10/h3-4H,2,5,11H2,1H3,(H,15,16). The Morgan fingerprint density at radius 3 is 2.94 bits per heavy atom. The Bertz CT molecular complexity index is 496. The lowest BCUT2D eigenvalue weighted by molar-refractivity contribution is -0.138. The first kappa shape index (κ1) is 12.2. The van der Waals surface area contributed by atoms with E-state index in [0.29, 0.717) is 6.42 Å². The van der Waals surface area contributed by atoms with Gasteiger partial charge in [-0.1, -0.05) is 0 Å². The summed E-state index contributed by atoms with van der Waals surface area (Å²) in [6.45, 7) is 0.0398. The lowest BCUT2D eigenvalue weighted by atomic mass is 10.0. The van der Waals surface area contributed by atoms with Crippen molar-refractivity contribution in [2.45, 2.75) is 12.1 Å². The molecular formula is C10H12N4O4. The van der Waals surface area contributed by atoms with Crippen LogP contribution in [0.2, 0.25) is 0 Å². The lowest BCUT2D eigenvalue weighted by Gasteiger charge is -2.36. The fourth-order valence-corrected chi connectivity index (χ4v) is 1.86. The highest BCUT2D eigenvalue weighted by Crippen LogP contribution is 2.33. The monoisotopic (exact) mass is 252 g/mol. The number of hydrazone groups is 1. The molecule has 0 saturated carbocycles. The number of carbonyl (C=O) groups excluding carboxylic acids is 1. The van der Waals surface area contributed by atoms with E-state index in [1.54, 1.807) is 0 Å². The zero-order valence-electron chi connectivity index (χ0n) is 9.66. The number of ether oxygens (including phenoxy) is 1. The van der Waals surface area contributed by atoms with Crippen LogP contribution in [0.1, 0.15) is 6.42 Å². The number of fused-ring (bicyclic) bond motifs is 1. The zero-order chi connectivity index (χ0) is 13.3. The number of esters is 1. The van der Waals surface area contributed by atoms with Gasteiger partial charge in [0, 0.05) is 25.3 Å². The van der Waals surface area contributed by atoms with E-state index in [9.17, 15) is 9.59 Å². The molecule has 2 heterocycles. The molecule has 0 fully saturated rings. The number of aliphatic carboxylic acids is 1. The molecule has 2 aliphatic rings. The molecule has 1 unspecified atom stereocenters. The van der Waals surface area contributed by atoms with Gasteiger partial charge in [0.2, 0.25) is 0 Å². The van der Waals surface area contributed by atoms with Crippen LogP contribution < -0.4 is 5.73 Å². The highest BCUT2D eigenvalue weighted by molar-refractivity contribution is 6.41. The van der Waals surface area contributed by atoms with Gasteiger partial charge in [-0.15, -0.1) is 0 Å². The summed E-state index contributed by atoms with van der Waals surface area (Å²) in [7, 11) is 1.21. The molecule has 1 atom stereocenters. The third-order valence-electron chi connectivity index (χ3n) is 2.78. The quantitative estimate of drug-likeness (QED) is 0.617. The number of carboxylic acids is 1. The Balaban J connectivity index is 2.51. The molecule has 0 aromatic heterocycles. The van der Waals surface area contributed by atoms with Gasteiger partial charge in [0.25, 0.3) is 0 Å². The zero-order valence-corrected chi connectivity index (χ0v) is 9.66. The van der Waals surface area contributed by atoms with E-state index in [-0.39, 0.29) is 18.0 Å². The molecule has 0 saturated heterocycles. The van der Waals surface area contributed by atoms with Gasteiger partial charge in [-0.05, 0) is 0 Å². The van der Waals surface area contributed by atoms with Gasteiger partial charge in [-0.2, -0.15) is 5.10 Å². The summed E-state index contributed by atoms with van der Waals surface area (Å²) in [4.78, 5) is 26.7. The van der Waals surface area contributed by atoms with E-state index < -0.39 is 17.6 Å². The minimum atomic E-state index is -1.23. The van der Waals surface area contributed by atoms with Crippen molar-refractivity contribution >= 4 is 23.9 Å². The molecule has 3 N–H and O–H groups in total. The van der Waals surface area contributed by atoms with E-state index in [4.69, 9.17) is 10.8 Å². The van der Waals surface area contributed by atoms with E-state index >= 15 is 0 Å². The van der Waals surface area contributed by atoms with E-state index in [1.165, 1.54) is 18.3 Å². The molecule has 8 nitrogen and oxygen atoms in total. The van der Waals surface area contributed by atoms with Crippen LogP contribution in [0, 0.1) is 0 Å². The van der Waals surface area contributed by atoms with Gasteiger partial charge < -0.3 is 15.6 Å². The maximum absolute atomic E-state index is 11.6. The smallest absolute Gasteiger partial charge is 0.356 e. The number of nitrogens with zero attached hydrogens (tertiary/aromatic N) is 3. The Morgan fingerprint density at radius 2 is 2.39 bits per heavy atom. The van der Waals surface area contributed by atoms with Crippen molar-refractivity contribution in [1.29, 1.82) is 0 Å². The van der Waals surface area contributed by atoms with Crippen LogP contribution in [-0.4, -0.2) is 53.3 Å². The minimum absolute atomic E-state index is 0.0177. The number of carboxylic acid groups (broad SMARTS) is 1. The SMILES string of the molecule is COC(=O)C1=CC(C(=O)O)=NC2(CN)CC=NN12. The van der Waals surface area contributed by atoms with Crippen LogP contribution in [0.5, 0.6) is 0 Å². The average Bonchev–Trinajstić information content (AvgIpc) is 2.80. The Morgan fingerprint density at radius 1 is 1.67 bits per heavy atom. The molecule has 0 amide bonds. The van der Waals surface area contributed by atoms with Crippen LogP contribution >= 0.6 is 0 Å². The second kappa shape index (κ2) is 4.22. The van der Waals surface area contributed by atoms with Gasteiger partial charge in [-0.3, -0.25) is 0 Å². The van der Waals surface area contributed by atoms with Gasteiger partial charge in [-0.25, -0.2) is 19.6 Å². The number of rotatable bonds is 3. The second-order valence-corrected chi connectivity index (χ2v) is 3.82. The number of methoxy groups -OCH3 is 1. The molecule has 0 bridgehead atoms.